The highest BCUT2D eigenvalue weighted by Gasteiger charge is 2.31. The molecule has 0 unspecified atom stereocenters. The molecular formula is C22H21N3O3S. The summed E-state index contributed by atoms with van der Waals surface area (Å²) in [5.74, 6) is 0.290. The van der Waals surface area contributed by atoms with Crippen LogP contribution in [0, 0.1) is 0 Å². The number of aromatic nitrogens is 1. The van der Waals surface area contributed by atoms with Gasteiger partial charge in [0.1, 0.15) is 5.75 Å². The number of thiazole rings is 1. The summed E-state index contributed by atoms with van der Waals surface area (Å²) in [4.78, 5) is 32.2. The van der Waals surface area contributed by atoms with Crippen molar-refractivity contribution in [3.8, 4) is 5.75 Å². The maximum absolute atomic E-state index is 13.2. The van der Waals surface area contributed by atoms with Crippen molar-refractivity contribution in [2.24, 2.45) is 0 Å². The number of fused-ring (bicyclic) bond motifs is 3. The van der Waals surface area contributed by atoms with Crippen molar-refractivity contribution in [2.75, 3.05) is 18.5 Å². The summed E-state index contributed by atoms with van der Waals surface area (Å²) in [6.07, 6.45) is 4.08. The Morgan fingerprint density at radius 1 is 1.17 bits per heavy atom. The van der Waals surface area contributed by atoms with Crippen LogP contribution in [0.3, 0.4) is 0 Å². The predicted molar refractivity (Wildman–Crippen MR) is 113 cm³/mol. The molecule has 148 valence electrons. The average molecular weight is 407 g/mol. The molecule has 0 aliphatic carbocycles. The van der Waals surface area contributed by atoms with E-state index in [1.54, 1.807) is 18.2 Å². The lowest BCUT2D eigenvalue weighted by Gasteiger charge is -2.37. The van der Waals surface area contributed by atoms with Crippen LogP contribution in [0.2, 0.25) is 0 Å². The van der Waals surface area contributed by atoms with Gasteiger partial charge < -0.3 is 15.0 Å². The maximum atomic E-state index is 13.2. The summed E-state index contributed by atoms with van der Waals surface area (Å²) < 4.78 is 6.83. The first kappa shape index (κ1) is 18.1. The van der Waals surface area contributed by atoms with Crippen molar-refractivity contribution in [2.45, 2.75) is 31.7 Å². The van der Waals surface area contributed by atoms with Crippen LogP contribution < -0.4 is 10.1 Å². The van der Waals surface area contributed by atoms with Gasteiger partial charge in [0.25, 0.3) is 11.8 Å². The van der Waals surface area contributed by atoms with Crippen LogP contribution in [0.25, 0.3) is 10.2 Å². The molecule has 0 bridgehead atoms. The minimum Gasteiger partial charge on any atom is -0.493 e. The van der Waals surface area contributed by atoms with Crippen LogP contribution in [-0.4, -0.2) is 40.9 Å². The molecule has 5 rings (SSSR count). The van der Waals surface area contributed by atoms with E-state index in [9.17, 15) is 9.59 Å². The average Bonchev–Trinajstić information content (AvgIpc) is 3.18. The van der Waals surface area contributed by atoms with Crippen molar-refractivity contribution in [1.29, 1.82) is 0 Å². The summed E-state index contributed by atoms with van der Waals surface area (Å²) in [7, 11) is 0. The van der Waals surface area contributed by atoms with Crippen LogP contribution in [0.4, 0.5) is 5.69 Å². The zero-order valence-electron chi connectivity index (χ0n) is 15.9. The van der Waals surface area contributed by atoms with Crippen LogP contribution in [-0.2, 0) is 0 Å². The van der Waals surface area contributed by atoms with E-state index in [0.29, 0.717) is 28.6 Å². The largest absolute Gasteiger partial charge is 0.493 e. The summed E-state index contributed by atoms with van der Waals surface area (Å²) in [6, 6.07) is 13.2. The molecule has 2 amide bonds. The second-order valence-electron chi connectivity index (χ2n) is 7.44. The smallest absolute Gasteiger partial charge is 0.284 e. The lowest BCUT2D eigenvalue weighted by atomic mass is 9.97. The molecule has 1 N–H and O–H groups in total. The van der Waals surface area contributed by atoms with Gasteiger partial charge in [-0.05, 0) is 49.6 Å². The molecule has 2 aliphatic heterocycles. The first-order valence-electron chi connectivity index (χ1n) is 9.94. The molecule has 3 aromatic rings. The Morgan fingerprint density at radius 3 is 2.97 bits per heavy atom. The van der Waals surface area contributed by atoms with Crippen molar-refractivity contribution in [3.63, 3.8) is 0 Å². The second kappa shape index (κ2) is 7.48. The van der Waals surface area contributed by atoms with Gasteiger partial charge in [0.05, 0.1) is 22.4 Å². The van der Waals surface area contributed by atoms with Gasteiger partial charge in [-0.1, -0.05) is 12.1 Å². The van der Waals surface area contributed by atoms with E-state index < -0.39 is 0 Å². The summed E-state index contributed by atoms with van der Waals surface area (Å²) in [5.41, 5.74) is 1.89. The molecule has 0 spiro atoms. The summed E-state index contributed by atoms with van der Waals surface area (Å²) >= 11 is 1.35. The number of nitrogens with one attached hydrogen (secondary N) is 1. The number of hydrogen-bond acceptors (Lipinski definition) is 5. The molecule has 1 atom stereocenters. The molecule has 7 heteroatoms. The quantitative estimate of drug-likeness (QED) is 0.687. The van der Waals surface area contributed by atoms with E-state index in [1.165, 1.54) is 11.3 Å². The Labute approximate surface area is 172 Å². The predicted octanol–water partition coefficient (Wildman–Crippen LogP) is 4.33. The fraction of sp³-hybridized carbons (Fsp3) is 0.318. The number of nitrogens with zero attached hydrogens (tertiary/aromatic N) is 2. The second-order valence-corrected chi connectivity index (χ2v) is 8.47. The molecule has 29 heavy (non-hydrogen) atoms. The van der Waals surface area contributed by atoms with Crippen LogP contribution in [0.1, 0.15) is 45.8 Å². The molecular weight excluding hydrogens is 386 g/mol. The molecule has 0 radical (unpaired) electrons. The van der Waals surface area contributed by atoms with Gasteiger partial charge in [0.15, 0.2) is 5.01 Å². The minimum atomic E-state index is -0.277. The molecule has 2 aromatic carbocycles. The van der Waals surface area contributed by atoms with Gasteiger partial charge in [-0.15, -0.1) is 11.3 Å². The Kier molecular flexibility index (Phi) is 4.67. The molecule has 3 heterocycles. The number of piperidine rings is 1. The Balaban J connectivity index is 1.42. The van der Waals surface area contributed by atoms with E-state index in [2.05, 4.69) is 10.3 Å². The van der Waals surface area contributed by atoms with Gasteiger partial charge in [0, 0.05) is 24.7 Å². The lowest BCUT2D eigenvalue weighted by Crippen LogP contribution is -2.45. The van der Waals surface area contributed by atoms with Gasteiger partial charge in [0.2, 0.25) is 0 Å². The zero-order valence-corrected chi connectivity index (χ0v) is 16.7. The van der Waals surface area contributed by atoms with Gasteiger partial charge in [-0.3, -0.25) is 9.59 Å². The van der Waals surface area contributed by atoms with E-state index in [0.717, 1.165) is 42.4 Å². The molecule has 1 saturated heterocycles. The maximum Gasteiger partial charge on any atom is 0.284 e. The fourth-order valence-corrected chi connectivity index (χ4v) is 4.94. The molecule has 1 fully saturated rings. The topological polar surface area (TPSA) is 71.5 Å². The van der Waals surface area contributed by atoms with Crippen LogP contribution >= 0.6 is 11.3 Å². The zero-order chi connectivity index (χ0) is 19.8. The molecule has 6 nitrogen and oxygen atoms in total. The highest BCUT2D eigenvalue weighted by Crippen LogP contribution is 2.31. The van der Waals surface area contributed by atoms with Crippen molar-refractivity contribution < 1.29 is 14.3 Å². The fourth-order valence-electron chi connectivity index (χ4n) is 4.08. The molecule has 0 saturated carbocycles. The highest BCUT2D eigenvalue weighted by atomic mass is 32.1. The third-order valence-corrected chi connectivity index (χ3v) is 6.59. The monoisotopic (exact) mass is 407 g/mol. The number of anilines is 1. The van der Waals surface area contributed by atoms with Gasteiger partial charge >= 0.3 is 0 Å². The van der Waals surface area contributed by atoms with Crippen molar-refractivity contribution >= 4 is 39.1 Å². The van der Waals surface area contributed by atoms with Crippen LogP contribution in [0.15, 0.2) is 42.5 Å². The number of benzene rings is 2. The van der Waals surface area contributed by atoms with E-state index >= 15 is 0 Å². The Bertz CT molecular complexity index is 1060. The van der Waals surface area contributed by atoms with Gasteiger partial charge in [-0.25, -0.2) is 4.98 Å². The number of para-hydroxylation sites is 1. The Morgan fingerprint density at radius 2 is 2.07 bits per heavy atom. The third-order valence-electron chi connectivity index (χ3n) is 5.55. The van der Waals surface area contributed by atoms with Crippen LogP contribution in [0.5, 0.6) is 5.75 Å². The Hall–Kier alpha value is -2.93. The SMILES string of the molecule is O=C(Nc1ccc2c(c1)C(=O)N1CCCC[C@H]1CCO2)c1nc2ccccc2s1. The third kappa shape index (κ3) is 3.46. The van der Waals surface area contributed by atoms with E-state index in [1.807, 2.05) is 29.2 Å². The van der Waals surface area contributed by atoms with E-state index in [-0.39, 0.29) is 17.9 Å². The minimum absolute atomic E-state index is 0.0134. The normalized spacial score (nSPS) is 19.0. The summed E-state index contributed by atoms with van der Waals surface area (Å²) in [5, 5.41) is 3.28. The number of carbonyl (C=O) groups is 2. The standard InChI is InChI=1S/C22H21N3O3S/c26-20(21-24-17-6-1-2-7-19(17)29-21)23-14-8-9-18-16(13-14)22(27)25-11-4-3-5-15(25)10-12-28-18/h1-2,6-9,13,15H,3-5,10-12H2,(H,23,26)/t15-/m0/s1. The first-order valence-corrected chi connectivity index (χ1v) is 10.8. The first-order chi connectivity index (χ1) is 14.2. The van der Waals surface area contributed by atoms with Gasteiger partial charge in [-0.2, -0.15) is 0 Å². The van der Waals surface area contributed by atoms with Crippen molar-refractivity contribution in [1.82, 2.24) is 9.88 Å². The molecule has 2 aliphatic rings. The number of ether oxygens (including phenoxy) is 1. The molecule has 1 aromatic heterocycles. The number of rotatable bonds is 2. The number of hydrogen-bond donors (Lipinski definition) is 1. The summed E-state index contributed by atoms with van der Waals surface area (Å²) in [6.45, 7) is 1.38. The van der Waals surface area contributed by atoms with Crippen molar-refractivity contribution in [3.05, 3.63) is 53.0 Å². The van der Waals surface area contributed by atoms with E-state index in [4.69, 9.17) is 4.74 Å². The number of carbonyl (C=O) groups excluding carboxylic acids is 2. The highest BCUT2D eigenvalue weighted by molar-refractivity contribution is 7.20. The number of amides is 2. The lowest BCUT2D eigenvalue weighted by molar-refractivity contribution is 0.0548.